The number of nitrogen functional groups attached to an aromatic ring is 1. The van der Waals surface area contributed by atoms with Crippen LogP contribution in [0.15, 0.2) is 17.1 Å². The van der Waals surface area contributed by atoms with Crippen LogP contribution in [0.4, 0.5) is 10.2 Å². The molecule has 3 N–H and O–H groups in total. The number of rotatable bonds is 2. The van der Waals surface area contributed by atoms with E-state index in [9.17, 15) is 14.3 Å². The van der Waals surface area contributed by atoms with Gasteiger partial charge in [0, 0.05) is 6.20 Å². The van der Waals surface area contributed by atoms with Crippen molar-refractivity contribution in [2.75, 3.05) is 12.3 Å². The number of aromatic nitrogens is 2. The number of anilines is 1. The fourth-order valence-corrected chi connectivity index (χ4v) is 2.15. The molecule has 7 heteroatoms. The molecule has 0 spiro atoms. The van der Waals surface area contributed by atoms with Gasteiger partial charge in [-0.1, -0.05) is 0 Å². The highest BCUT2D eigenvalue weighted by molar-refractivity contribution is 5.24. The number of nitrogens with two attached hydrogens (primary N) is 1. The Morgan fingerprint density at radius 3 is 2.94 bits per heavy atom. The minimum atomic E-state index is -2.01. The van der Waals surface area contributed by atoms with Crippen LogP contribution in [-0.2, 0) is 4.74 Å². The van der Waals surface area contributed by atoms with Crippen molar-refractivity contribution in [1.29, 1.82) is 0 Å². The van der Waals surface area contributed by atoms with Gasteiger partial charge in [-0.05, 0) is 19.9 Å². The standard InChI is InChI=1S/C11H16FN3O3/c1-6-9(16)11(12,5-18-6)7(2)15-4-3-8(13)14-10(15)17/h3-4,6-7,9,16H,5H2,1-2H3,(H2,13,14,17)/t6?,7-,9+,11?/m1/s1. The van der Waals surface area contributed by atoms with Crippen LogP contribution < -0.4 is 11.4 Å². The van der Waals surface area contributed by atoms with Gasteiger partial charge in [0.2, 0.25) is 0 Å². The highest BCUT2D eigenvalue weighted by Gasteiger charge is 2.52. The molecule has 2 rings (SSSR count). The summed E-state index contributed by atoms with van der Waals surface area (Å²) in [4.78, 5) is 15.2. The summed E-state index contributed by atoms with van der Waals surface area (Å²) < 4.78 is 20.9. The van der Waals surface area contributed by atoms with Crippen molar-refractivity contribution in [3.8, 4) is 0 Å². The topological polar surface area (TPSA) is 90.4 Å². The Balaban J connectivity index is 2.37. The van der Waals surface area contributed by atoms with E-state index >= 15 is 0 Å². The van der Waals surface area contributed by atoms with Crippen molar-refractivity contribution < 1.29 is 14.2 Å². The maximum absolute atomic E-state index is 14.7. The quantitative estimate of drug-likeness (QED) is 0.770. The molecular weight excluding hydrogens is 241 g/mol. The summed E-state index contributed by atoms with van der Waals surface area (Å²) in [6, 6.07) is 0.519. The molecule has 1 saturated heterocycles. The summed E-state index contributed by atoms with van der Waals surface area (Å²) in [6.07, 6.45) is -0.515. The van der Waals surface area contributed by atoms with E-state index in [0.717, 1.165) is 4.57 Å². The average Bonchev–Trinajstić information content (AvgIpc) is 2.58. The van der Waals surface area contributed by atoms with Crippen molar-refractivity contribution >= 4 is 5.82 Å². The summed E-state index contributed by atoms with van der Waals surface area (Å²) in [5.41, 5.74) is 2.71. The number of aliphatic hydroxyl groups is 1. The van der Waals surface area contributed by atoms with Crippen LogP contribution >= 0.6 is 0 Å². The SMILES string of the molecule is CC1OCC(F)([C@@H](C)n2ccc(N)nc2=O)[C@H]1O. The molecule has 1 aliphatic heterocycles. The fourth-order valence-electron chi connectivity index (χ4n) is 2.15. The average molecular weight is 257 g/mol. The zero-order valence-electron chi connectivity index (χ0n) is 10.2. The summed E-state index contributed by atoms with van der Waals surface area (Å²) in [7, 11) is 0. The van der Waals surface area contributed by atoms with Crippen molar-refractivity contribution in [3.63, 3.8) is 0 Å². The second kappa shape index (κ2) is 4.33. The van der Waals surface area contributed by atoms with Crippen LogP contribution in [0.1, 0.15) is 19.9 Å². The monoisotopic (exact) mass is 257 g/mol. The lowest BCUT2D eigenvalue weighted by Crippen LogP contribution is -2.48. The lowest BCUT2D eigenvalue weighted by Gasteiger charge is -2.30. The molecular formula is C11H16FN3O3. The van der Waals surface area contributed by atoms with E-state index < -0.39 is 29.6 Å². The predicted molar refractivity (Wildman–Crippen MR) is 62.9 cm³/mol. The Morgan fingerprint density at radius 2 is 2.44 bits per heavy atom. The van der Waals surface area contributed by atoms with Gasteiger partial charge in [0.15, 0.2) is 5.67 Å². The maximum atomic E-state index is 14.7. The number of ether oxygens (including phenoxy) is 1. The third-order valence-corrected chi connectivity index (χ3v) is 3.47. The minimum absolute atomic E-state index is 0.0768. The fraction of sp³-hybridized carbons (Fsp3) is 0.636. The molecule has 18 heavy (non-hydrogen) atoms. The van der Waals surface area contributed by atoms with Crippen LogP contribution in [0.25, 0.3) is 0 Å². The highest BCUT2D eigenvalue weighted by atomic mass is 19.1. The zero-order valence-corrected chi connectivity index (χ0v) is 10.2. The molecule has 2 unspecified atom stereocenters. The van der Waals surface area contributed by atoms with Gasteiger partial charge in [-0.2, -0.15) is 4.98 Å². The molecule has 1 aromatic heterocycles. The third kappa shape index (κ3) is 1.89. The van der Waals surface area contributed by atoms with E-state index in [0.29, 0.717) is 0 Å². The lowest BCUT2D eigenvalue weighted by atomic mass is 9.91. The molecule has 2 heterocycles. The van der Waals surface area contributed by atoms with Crippen LogP contribution in [0.5, 0.6) is 0 Å². The van der Waals surface area contributed by atoms with E-state index in [1.807, 2.05) is 0 Å². The molecule has 100 valence electrons. The van der Waals surface area contributed by atoms with Crippen LogP contribution in [0.3, 0.4) is 0 Å². The number of hydrogen-bond acceptors (Lipinski definition) is 5. The Morgan fingerprint density at radius 1 is 1.78 bits per heavy atom. The zero-order chi connectivity index (χ0) is 13.5. The van der Waals surface area contributed by atoms with E-state index in [4.69, 9.17) is 10.5 Å². The molecule has 0 saturated carbocycles. The van der Waals surface area contributed by atoms with Gasteiger partial charge >= 0.3 is 5.69 Å². The van der Waals surface area contributed by atoms with Gasteiger partial charge in [-0.15, -0.1) is 0 Å². The van der Waals surface area contributed by atoms with Crippen molar-refractivity contribution in [2.24, 2.45) is 0 Å². The second-order valence-corrected chi connectivity index (χ2v) is 4.61. The normalized spacial score (nSPS) is 33.6. The lowest BCUT2D eigenvalue weighted by molar-refractivity contribution is -0.0156. The molecule has 0 aliphatic carbocycles. The largest absolute Gasteiger partial charge is 0.387 e. The van der Waals surface area contributed by atoms with Crippen LogP contribution in [0, 0.1) is 0 Å². The van der Waals surface area contributed by atoms with Gasteiger partial charge in [-0.3, -0.25) is 4.57 Å². The van der Waals surface area contributed by atoms with Crippen LogP contribution in [-0.4, -0.2) is 39.1 Å². The van der Waals surface area contributed by atoms with E-state index in [1.54, 1.807) is 6.92 Å². The van der Waals surface area contributed by atoms with Gasteiger partial charge in [0.1, 0.15) is 11.9 Å². The smallest absolute Gasteiger partial charge is 0.349 e. The van der Waals surface area contributed by atoms with E-state index in [-0.39, 0.29) is 12.4 Å². The second-order valence-electron chi connectivity index (χ2n) is 4.61. The van der Waals surface area contributed by atoms with Crippen molar-refractivity contribution in [1.82, 2.24) is 9.55 Å². The number of aliphatic hydroxyl groups excluding tert-OH is 1. The molecule has 6 nitrogen and oxygen atoms in total. The van der Waals surface area contributed by atoms with Gasteiger partial charge in [-0.25, -0.2) is 9.18 Å². The molecule has 0 radical (unpaired) electrons. The van der Waals surface area contributed by atoms with Gasteiger partial charge in [0.25, 0.3) is 0 Å². The highest BCUT2D eigenvalue weighted by Crippen LogP contribution is 2.37. The minimum Gasteiger partial charge on any atom is -0.387 e. The maximum Gasteiger partial charge on any atom is 0.349 e. The molecule has 0 aromatic carbocycles. The van der Waals surface area contributed by atoms with Crippen molar-refractivity contribution in [2.45, 2.75) is 37.8 Å². The number of hydrogen-bond donors (Lipinski definition) is 2. The van der Waals surface area contributed by atoms with Gasteiger partial charge < -0.3 is 15.6 Å². The first kappa shape index (κ1) is 13.0. The Labute approximate surface area is 103 Å². The summed E-state index contributed by atoms with van der Waals surface area (Å²) in [6.45, 7) is 2.83. The number of nitrogens with zero attached hydrogens (tertiary/aromatic N) is 2. The van der Waals surface area contributed by atoms with Gasteiger partial charge in [0.05, 0.1) is 18.8 Å². The summed E-state index contributed by atoms with van der Waals surface area (Å²) >= 11 is 0. The molecule has 1 fully saturated rings. The summed E-state index contributed by atoms with van der Waals surface area (Å²) in [5, 5.41) is 9.83. The third-order valence-electron chi connectivity index (χ3n) is 3.47. The Bertz CT molecular complexity index is 507. The first-order valence-corrected chi connectivity index (χ1v) is 5.69. The summed E-state index contributed by atoms with van der Waals surface area (Å²) in [5.74, 6) is 0.0768. The first-order valence-electron chi connectivity index (χ1n) is 5.69. The van der Waals surface area contributed by atoms with Crippen molar-refractivity contribution in [3.05, 3.63) is 22.7 Å². The van der Waals surface area contributed by atoms with E-state index in [2.05, 4.69) is 4.98 Å². The molecule has 0 amide bonds. The Hall–Kier alpha value is -1.47. The van der Waals surface area contributed by atoms with E-state index in [1.165, 1.54) is 19.2 Å². The Kier molecular flexibility index (Phi) is 3.12. The molecule has 1 aromatic rings. The molecule has 4 atom stereocenters. The molecule has 0 bridgehead atoms. The predicted octanol–water partition coefficient (Wildman–Crippen LogP) is -0.126. The number of alkyl halides is 1. The molecule has 1 aliphatic rings. The van der Waals surface area contributed by atoms with Crippen LogP contribution in [0.2, 0.25) is 0 Å². The number of halogens is 1. The first-order chi connectivity index (χ1) is 8.36.